The van der Waals surface area contributed by atoms with Gasteiger partial charge in [-0.3, -0.25) is 14.2 Å². The maximum Gasteiger partial charge on any atom is 0.272 e. The molecule has 1 unspecified atom stereocenters. The molecule has 0 saturated carbocycles. The number of aryl methyl sites for hydroxylation is 3. The third-order valence-corrected chi connectivity index (χ3v) is 5.35. The molecule has 0 N–H and O–H groups in total. The van der Waals surface area contributed by atoms with Crippen molar-refractivity contribution in [3.8, 4) is 0 Å². The molecule has 2 aromatic heterocycles. The van der Waals surface area contributed by atoms with Crippen LogP contribution in [0.5, 0.6) is 0 Å². The first-order valence-electron chi connectivity index (χ1n) is 10.2. The van der Waals surface area contributed by atoms with Gasteiger partial charge in [0.05, 0.1) is 23.5 Å². The minimum absolute atomic E-state index is 0.0355. The van der Waals surface area contributed by atoms with E-state index in [0.29, 0.717) is 18.2 Å². The summed E-state index contributed by atoms with van der Waals surface area (Å²) in [7, 11) is 1.94. The lowest BCUT2D eigenvalue weighted by molar-refractivity contribution is 0.0686. The van der Waals surface area contributed by atoms with Crippen molar-refractivity contribution in [3.05, 3.63) is 47.1 Å². The summed E-state index contributed by atoms with van der Waals surface area (Å²) in [5, 5.41) is 9.18. The van der Waals surface area contributed by atoms with Crippen molar-refractivity contribution in [3.63, 3.8) is 0 Å². The molecule has 0 fully saturated rings. The number of carbonyl (C=O) groups excluding carboxylic acids is 1. The highest BCUT2D eigenvalue weighted by Crippen LogP contribution is 2.24. The molecule has 3 rings (SSSR count). The summed E-state index contributed by atoms with van der Waals surface area (Å²) in [5.41, 5.74) is 3.30. The minimum Gasteiger partial charge on any atom is -0.331 e. The van der Waals surface area contributed by atoms with Crippen LogP contribution in [-0.4, -0.2) is 36.9 Å². The number of nitrogens with zero attached hydrogens (tertiary/aromatic N) is 5. The molecule has 2 heterocycles. The van der Waals surface area contributed by atoms with Gasteiger partial charge in [0.2, 0.25) is 0 Å². The number of amides is 1. The van der Waals surface area contributed by atoms with Gasteiger partial charge in [-0.05, 0) is 71.9 Å². The molecule has 6 heteroatoms. The summed E-state index contributed by atoms with van der Waals surface area (Å²) in [6.07, 6.45) is 7.73. The first-order valence-corrected chi connectivity index (χ1v) is 10.2. The first kappa shape index (κ1) is 20.4. The topological polar surface area (TPSA) is 56.0 Å². The highest BCUT2D eigenvalue weighted by molar-refractivity contribution is 5.92. The fourth-order valence-electron chi connectivity index (χ4n) is 3.79. The van der Waals surface area contributed by atoms with Crippen molar-refractivity contribution in [2.24, 2.45) is 13.0 Å². The molecule has 0 aliphatic heterocycles. The second-order valence-corrected chi connectivity index (χ2v) is 8.99. The average Bonchev–Trinajstić information content (AvgIpc) is 3.17. The molecule has 2 aromatic rings. The Morgan fingerprint density at radius 2 is 1.96 bits per heavy atom. The van der Waals surface area contributed by atoms with Crippen LogP contribution in [0.1, 0.15) is 67.6 Å². The first-order chi connectivity index (χ1) is 13.1. The largest absolute Gasteiger partial charge is 0.331 e. The van der Waals surface area contributed by atoms with Crippen molar-refractivity contribution < 1.29 is 4.79 Å². The van der Waals surface area contributed by atoms with Crippen LogP contribution in [0.25, 0.3) is 0 Å². The third-order valence-electron chi connectivity index (χ3n) is 5.35. The number of allylic oxidation sites excluding steroid dienone is 2. The van der Waals surface area contributed by atoms with Gasteiger partial charge in [0.15, 0.2) is 0 Å². The molecule has 0 aromatic carbocycles. The molecule has 1 aliphatic rings. The van der Waals surface area contributed by atoms with Crippen molar-refractivity contribution in [2.75, 3.05) is 6.54 Å². The summed E-state index contributed by atoms with van der Waals surface area (Å²) in [4.78, 5) is 15.6. The zero-order chi connectivity index (χ0) is 20.5. The normalized spacial score (nSPS) is 17.1. The fraction of sp³-hybridized carbons (Fsp3) is 0.591. The lowest BCUT2D eigenvalue weighted by Crippen LogP contribution is -2.38. The fourth-order valence-corrected chi connectivity index (χ4v) is 3.79. The van der Waals surface area contributed by atoms with Crippen LogP contribution in [0.15, 0.2) is 24.3 Å². The zero-order valence-corrected chi connectivity index (χ0v) is 18.1. The molecule has 6 nitrogen and oxygen atoms in total. The Hall–Kier alpha value is -2.37. The smallest absolute Gasteiger partial charge is 0.272 e. The van der Waals surface area contributed by atoms with E-state index < -0.39 is 0 Å². The maximum atomic E-state index is 13.6. The van der Waals surface area contributed by atoms with Crippen molar-refractivity contribution in [1.82, 2.24) is 24.5 Å². The van der Waals surface area contributed by atoms with Gasteiger partial charge in [0, 0.05) is 19.3 Å². The van der Waals surface area contributed by atoms with Gasteiger partial charge < -0.3 is 4.90 Å². The number of aromatic nitrogens is 4. The van der Waals surface area contributed by atoms with E-state index in [9.17, 15) is 4.79 Å². The number of rotatable bonds is 5. The number of hydrogen-bond donors (Lipinski definition) is 0. The Bertz CT molecular complexity index is 849. The Balaban J connectivity index is 1.91. The molecule has 1 atom stereocenters. The summed E-state index contributed by atoms with van der Waals surface area (Å²) in [6.45, 7) is 11.5. The SMILES string of the molecule is Cc1cc(C(=O)N(Cc2cc(C)n(C)n2)CC2CC=CCC2)n(C(C)(C)C)n1. The molecular weight excluding hydrogens is 350 g/mol. The predicted octanol–water partition coefficient (Wildman–Crippen LogP) is 3.99. The molecule has 152 valence electrons. The van der Waals surface area contributed by atoms with Crippen LogP contribution in [0.3, 0.4) is 0 Å². The molecule has 0 radical (unpaired) electrons. The monoisotopic (exact) mass is 383 g/mol. The van der Waals surface area contributed by atoms with E-state index in [1.54, 1.807) is 0 Å². The summed E-state index contributed by atoms with van der Waals surface area (Å²) in [6, 6.07) is 3.97. The van der Waals surface area contributed by atoms with E-state index in [1.165, 1.54) is 0 Å². The summed E-state index contributed by atoms with van der Waals surface area (Å²) >= 11 is 0. The van der Waals surface area contributed by atoms with Gasteiger partial charge in [0.25, 0.3) is 5.91 Å². The lowest BCUT2D eigenvalue weighted by atomic mass is 9.93. The standard InChI is InChI=1S/C22H33N5O/c1-16-12-20(27(23-16)22(3,4)5)21(28)26(14-18-10-8-7-9-11-18)15-19-13-17(2)25(6)24-19/h7-8,12-13,18H,9-11,14-15H2,1-6H3. The van der Waals surface area contributed by atoms with E-state index >= 15 is 0 Å². The summed E-state index contributed by atoms with van der Waals surface area (Å²) < 4.78 is 3.73. The van der Waals surface area contributed by atoms with Crippen molar-refractivity contribution >= 4 is 5.91 Å². The number of hydrogen-bond acceptors (Lipinski definition) is 3. The molecule has 1 aliphatic carbocycles. The van der Waals surface area contributed by atoms with Crippen LogP contribution < -0.4 is 0 Å². The minimum atomic E-state index is -0.250. The van der Waals surface area contributed by atoms with E-state index in [1.807, 2.05) is 41.2 Å². The molecule has 1 amide bonds. The Labute approximate surface area is 168 Å². The lowest BCUT2D eigenvalue weighted by Gasteiger charge is -2.29. The van der Waals surface area contributed by atoms with E-state index in [0.717, 1.165) is 42.9 Å². The third kappa shape index (κ3) is 4.54. The molecular formula is C22H33N5O. The van der Waals surface area contributed by atoms with Crippen LogP contribution >= 0.6 is 0 Å². The van der Waals surface area contributed by atoms with E-state index in [4.69, 9.17) is 0 Å². The Kier molecular flexibility index (Phi) is 5.77. The molecule has 0 saturated heterocycles. The molecule has 28 heavy (non-hydrogen) atoms. The second-order valence-electron chi connectivity index (χ2n) is 8.99. The van der Waals surface area contributed by atoms with Crippen molar-refractivity contribution in [2.45, 2.75) is 66.0 Å². The van der Waals surface area contributed by atoms with E-state index in [2.05, 4.69) is 49.2 Å². The average molecular weight is 384 g/mol. The van der Waals surface area contributed by atoms with Gasteiger partial charge in [-0.2, -0.15) is 10.2 Å². The second kappa shape index (κ2) is 7.94. The van der Waals surface area contributed by atoms with Crippen LogP contribution in [0.2, 0.25) is 0 Å². The maximum absolute atomic E-state index is 13.6. The van der Waals surface area contributed by atoms with Gasteiger partial charge in [-0.15, -0.1) is 0 Å². The molecule has 0 bridgehead atoms. The van der Waals surface area contributed by atoms with Gasteiger partial charge in [-0.25, -0.2) is 0 Å². The predicted molar refractivity (Wildman–Crippen MR) is 111 cm³/mol. The highest BCUT2D eigenvalue weighted by atomic mass is 16.2. The van der Waals surface area contributed by atoms with Crippen LogP contribution in [0, 0.1) is 19.8 Å². The Morgan fingerprint density at radius 3 is 2.54 bits per heavy atom. The van der Waals surface area contributed by atoms with Crippen LogP contribution in [-0.2, 0) is 19.1 Å². The highest BCUT2D eigenvalue weighted by Gasteiger charge is 2.28. The van der Waals surface area contributed by atoms with Crippen LogP contribution in [0.4, 0.5) is 0 Å². The van der Waals surface area contributed by atoms with Gasteiger partial charge >= 0.3 is 0 Å². The van der Waals surface area contributed by atoms with Gasteiger partial charge in [0.1, 0.15) is 5.69 Å². The number of carbonyl (C=O) groups is 1. The summed E-state index contributed by atoms with van der Waals surface area (Å²) in [5.74, 6) is 0.527. The Morgan fingerprint density at radius 1 is 1.21 bits per heavy atom. The van der Waals surface area contributed by atoms with Gasteiger partial charge in [-0.1, -0.05) is 12.2 Å². The molecule has 0 spiro atoms. The quantitative estimate of drug-likeness (QED) is 0.734. The van der Waals surface area contributed by atoms with E-state index in [-0.39, 0.29) is 11.4 Å². The zero-order valence-electron chi connectivity index (χ0n) is 18.1. The van der Waals surface area contributed by atoms with Crippen molar-refractivity contribution in [1.29, 1.82) is 0 Å².